The van der Waals surface area contributed by atoms with E-state index in [1.54, 1.807) is 0 Å². The van der Waals surface area contributed by atoms with Gasteiger partial charge in [0.05, 0.1) is 0 Å². The molecule has 2 rings (SSSR count). The molecule has 0 aromatic heterocycles. The van der Waals surface area contributed by atoms with Crippen molar-refractivity contribution < 1.29 is 4.74 Å². The molecule has 2 fully saturated rings. The van der Waals surface area contributed by atoms with E-state index < -0.39 is 0 Å². The van der Waals surface area contributed by atoms with E-state index in [9.17, 15) is 0 Å². The molecule has 3 nitrogen and oxygen atoms in total. The van der Waals surface area contributed by atoms with E-state index in [1.807, 2.05) is 0 Å². The lowest BCUT2D eigenvalue weighted by Gasteiger charge is -2.27. The van der Waals surface area contributed by atoms with Crippen LogP contribution in [0.4, 0.5) is 0 Å². The van der Waals surface area contributed by atoms with E-state index in [0.717, 1.165) is 31.6 Å². The minimum absolute atomic E-state index is 0.860. The van der Waals surface area contributed by atoms with E-state index in [0.29, 0.717) is 0 Å². The number of hydrogen-bond donors (Lipinski definition) is 1. The third-order valence-corrected chi connectivity index (χ3v) is 4.49. The van der Waals surface area contributed by atoms with Crippen molar-refractivity contribution in [3.63, 3.8) is 0 Å². The Hall–Kier alpha value is -0.120. The van der Waals surface area contributed by atoms with Gasteiger partial charge in [-0.15, -0.1) is 0 Å². The Labute approximate surface area is 112 Å². The molecule has 1 saturated heterocycles. The Kier molecular flexibility index (Phi) is 6.46. The molecular formula is C15H30N2O. The highest BCUT2D eigenvalue weighted by Gasteiger charge is 2.16. The summed E-state index contributed by atoms with van der Waals surface area (Å²) in [6.07, 6.45) is 8.31. The van der Waals surface area contributed by atoms with Gasteiger partial charge in [0.25, 0.3) is 0 Å². The Balaban J connectivity index is 1.47. The molecule has 18 heavy (non-hydrogen) atoms. The van der Waals surface area contributed by atoms with Crippen LogP contribution in [0.1, 0.15) is 38.5 Å². The van der Waals surface area contributed by atoms with Crippen LogP contribution in [0.2, 0.25) is 0 Å². The van der Waals surface area contributed by atoms with E-state index in [1.165, 1.54) is 58.2 Å². The van der Waals surface area contributed by atoms with Gasteiger partial charge in [0, 0.05) is 32.8 Å². The summed E-state index contributed by atoms with van der Waals surface area (Å²) < 4.78 is 5.41. The van der Waals surface area contributed by atoms with Crippen LogP contribution in [0.25, 0.3) is 0 Å². The molecule has 0 unspecified atom stereocenters. The van der Waals surface area contributed by atoms with E-state index in [-0.39, 0.29) is 0 Å². The molecule has 1 aliphatic heterocycles. The highest BCUT2D eigenvalue weighted by Crippen LogP contribution is 2.23. The molecule has 0 spiro atoms. The monoisotopic (exact) mass is 254 g/mol. The fourth-order valence-corrected chi connectivity index (χ4v) is 3.25. The number of nitrogens with zero attached hydrogens (tertiary/aromatic N) is 1. The first-order chi connectivity index (χ1) is 8.84. The molecule has 2 aliphatic rings. The Morgan fingerprint density at radius 2 is 1.78 bits per heavy atom. The average Bonchev–Trinajstić information content (AvgIpc) is 2.89. The van der Waals surface area contributed by atoms with Gasteiger partial charge in [-0.1, -0.05) is 12.8 Å². The van der Waals surface area contributed by atoms with Crippen LogP contribution in [-0.2, 0) is 4.74 Å². The van der Waals surface area contributed by atoms with Gasteiger partial charge in [0.15, 0.2) is 0 Å². The minimum atomic E-state index is 0.860. The largest absolute Gasteiger partial charge is 0.381 e. The summed E-state index contributed by atoms with van der Waals surface area (Å²) in [5.74, 6) is 1.82. The second-order valence-corrected chi connectivity index (χ2v) is 6.17. The van der Waals surface area contributed by atoms with Gasteiger partial charge in [0.1, 0.15) is 0 Å². The van der Waals surface area contributed by atoms with Crippen molar-refractivity contribution in [2.24, 2.45) is 11.8 Å². The minimum Gasteiger partial charge on any atom is -0.381 e. The summed E-state index contributed by atoms with van der Waals surface area (Å²) in [6, 6.07) is 0. The first-order valence-electron chi connectivity index (χ1n) is 7.81. The molecule has 106 valence electrons. The highest BCUT2D eigenvalue weighted by atomic mass is 16.5. The number of hydrogen-bond acceptors (Lipinski definition) is 3. The number of nitrogens with one attached hydrogen (secondary N) is 1. The van der Waals surface area contributed by atoms with Gasteiger partial charge in [-0.3, -0.25) is 0 Å². The number of ether oxygens (including phenoxy) is 1. The molecule has 0 atom stereocenters. The summed E-state index contributed by atoms with van der Waals surface area (Å²) in [7, 11) is 2.26. The molecule has 1 N–H and O–H groups in total. The van der Waals surface area contributed by atoms with Crippen molar-refractivity contribution in [1.29, 1.82) is 0 Å². The first kappa shape index (κ1) is 14.3. The van der Waals surface area contributed by atoms with Gasteiger partial charge < -0.3 is 15.0 Å². The Morgan fingerprint density at radius 1 is 1.06 bits per heavy atom. The quantitative estimate of drug-likeness (QED) is 0.704. The molecule has 0 radical (unpaired) electrons. The van der Waals surface area contributed by atoms with Crippen molar-refractivity contribution in [2.75, 3.05) is 46.4 Å². The standard InChI is InChI=1S/C15H30N2O/c1-17(13-15-6-10-18-11-7-15)9-8-16-12-14-4-2-3-5-14/h14-16H,2-13H2,1H3. The maximum absolute atomic E-state index is 5.41. The molecule has 3 heteroatoms. The van der Waals surface area contributed by atoms with Crippen LogP contribution in [0.15, 0.2) is 0 Å². The predicted octanol–water partition coefficient (Wildman–Crippen LogP) is 2.12. The Bertz CT molecular complexity index is 211. The molecule has 1 heterocycles. The van der Waals surface area contributed by atoms with Crippen molar-refractivity contribution in [3.8, 4) is 0 Å². The van der Waals surface area contributed by atoms with Crippen LogP contribution in [0.5, 0.6) is 0 Å². The lowest BCUT2D eigenvalue weighted by atomic mass is 10.00. The zero-order valence-corrected chi connectivity index (χ0v) is 12.0. The van der Waals surface area contributed by atoms with Gasteiger partial charge in [0.2, 0.25) is 0 Å². The third kappa shape index (κ3) is 5.25. The molecule has 0 bridgehead atoms. The van der Waals surface area contributed by atoms with Crippen LogP contribution >= 0.6 is 0 Å². The van der Waals surface area contributed by atoms with Crippen LogP contribution < -0.4 is 5.32 Å². The zero-order chi connectivity index (χ0) is 12.6. The number of likely N-dealkylation sites (N-methyl/N-ethyl adjacent to an activating group) is 1. The SMILES string of the molecule is CN(CCNCC1CCCC1)CC1CCOCC1. The van der Waals surface area contributed by atoms with Gasteiger partial charge in [-0.2, -0.15) is 0 Å². The van der Waals surface area contributed by atoms with E-state index in [2.05, 4.69) is 17.3 Å². The van der Waals surface area contributed by atoms with Crippen molar-refractivity contribution in [2.45, 2.75) is 38.5 Å². The van der Waals surface area contributed by atoms with Crippen molar-refractivity contribution >= 4 is 0 Å². The van der Waals surface area contributed by atoms with E-state index in [4.69, 9.17) is 4.74 Å². The van der Waals surface area contributed by atoms with Crippen LogP contribution in [0, 0.1) is 11.8 Å². The highest BCUT2D eigenvalue weighted by molar-refractivity contribution is 4.71. The second-order valence-electron chi connectivity index (χ2n) is 6.17. The van der Waals surface area contributed by atoms with Crippen LogP contribution in [0.3, 0.4) is 0 Å². The van der Waals surface area contributed by atoms with Crippen molar-refractivity contribution in [3.05, 3.63) is 0 Å². The molecule has 0 aromatic carbocycles. The normalized spacial score (nSPS) is 23.0. The average molecular weight is 254 g/mol. The molecule has 1 aliphatic carbocycles. The maximum Gasteiger partial charge on any atom is 0.0469 e. The summed E-state index contributed by atoms with van der Waals surface area (Å²) in [4.78, 5) is 2.48. The summed E-state index contributed by atoms with van der Waals surface area (Å²) >= 11 is 0. The fourth-order valence-electron chi connectivity index (χ4n) is 3.25. The topological polar surface area (TPSA) is 24.5 Å². The fraction of sp³-hybridized carbons (Fsp3) is 1.00. The summed E-state index contributed by atoms with van der Waals surface area (Å²) in [5, 5.41) is 3.63. The van der Waals surface area contributed by atoms with Gasteiger partial charge in [-0.05, 0) is 51.1 Å². The second kappa shape index (κ2) is 8.13. The predicted molar refractivity (Wildman–Crippen MR) is 75.9 cm³/mol. The van der Waals surface area contributed by atoms with E-state index >= 15 is 0 Å². The molecule has 0 amide bonds. The lowest BCUT2D eigenvalue weighted by molar-refractivity contribution is 0.0558. The van der Waals surface area contributed by atoms with Crippen LogP contribution in [-0.4, -0.2) is 51.3 Å². The third-order valence-electron chi connectivity index (χ3n) is 4.49. The molecule has 1 saturated carbocycles. The summed E-state index contributed by atoms with van der Waals surface area (Å²) in [5.41, 5.74) is 0. The van der Waals surface area contributed by atoms with Crippen molar-refractivity contribution in [1.82, 2.24) is 10.2 Å². The smallest absolute Gasteiger partial charge is 0.0469 e. The molecule has 0 aromatic rings. The first-order valence-corrected chi connectivity index (χ1v) is 7.81. The lowest BCUT2D eigenvalue weighted by Crippen LogP contribution is -2.35. The Morgan fingerprint density at radius 3 is 2.50 bits per heavy atom. The number of rotatable bonds is 7. The summed E-state index contributed by atoms with van der Waals surface area (Å²) in [6.45, 7) is 6.76. The maximum atomic E-state index is 5.41. The zero-order valence-electron chi connectivity index (χ0n) is 12.0. The van der Waals surface area contributed by atoms with Gasteiger partial charge >= 0.3 is 0 Å². The van der Waals surface area contributed by atoms with Gasteiger partial charge in [-0.25, -0.2) is 0 Å². The molecular weight excluding hydrogens is 224 g/mol.